The highest BCUT2D eigenvalue weighted by Gasteiger charge is 2.40. The van der Waals surface area contributed by atoms with Crippen LogP contribution in [-0.4, -0.2) is 61.8 Å². The largest absolute Gasteiger partial charge is 0.477 e. The van der Waals surface area contributed by atoms with Crippen molar-refractivity contribution in [3.8, 4) is 0 Å². The summed E-state index contributed by atoms with van der Waals surface area (Å²) in [6.07, 6.45) is 7.56. The van der Waals surface area contributed by atoms with Crippen LogP contribution in [0.15, 0.2) is 6.20 Å². The maximum Gasteiger partial charge on any atom is 0.374 e. The van der Waals surface area contributed by atoms with Gasteiger partial charge in [0, 0.05) is 6.42 Å². The summed E-state index contributed by atoms with van der Waals surface area (Å²) in [5.41, 5.74) is 0.633. The van der Waals surface area contributed by atoms with Gasteiger partial charge in [0.15, 0.2) is 5.65 Å². The molecule has 0 unspecified atom stereocenters. The number of likely N-dealkylation sites (tertiary alicyclic amines) is 1. The number of hydrogen-bond acceptors (Lipinski definition) is 5. The molecule has 0 amide bonds. The molecule has 7 nitrogen and oxygen atoms in total. The highest BCUT2D eigenvalue weighted by atomic mass is 19.3. The van der Waals surface area contributed by atoms with Crippen LogP contribution in [0, 0.1) is 5.92 Å². The van der Waals surface area contributed by atoms with Gasteiger partial charge in [0.25, 0.3) is 0 Å². The van der Waals surface area contributed by atoms with E-state index in [4.69, 9.17) is 10.1 Å². The second-order valence-electron chi connectivity index (χ2n) is 8.49. The average molecular weight is 407 g/mol. The Morgan fingerprint density at radius 2 is 1.90 bits per heavy atom. The van der Waals surface area contributed by atoms with E-state index in [1.165, 1.54) is 19.0 Å². The molecule has 2 aromatic rings. The fourth-order valence-corrected chi connectivity index (χ4v) is 4.53. The normalized spacial score (nSPS) is 20.0. The van der Waals surface area contributed by atoms with Crippen LogP contribution in [0.1, 0.15) is 56.1 Å². The highest BCUT2D eigenvalue weighted by Crippen LogP contribution is 2.31. The number of carbonyl (C=O) groups is 1. The van der Waals surface area contributed by atoms with Crippen molar-refractivity contribution in [2.24, 2.45) is 5.92 Å². The minimum absolute atomic E-state index is 0.0783. The van der Waals surface area contributed by atoms with Crippen LogP contribution >= 0.6 is 0 Å². The molecule has 29 heavy (non-hydrogen) atoms. The molecule has 2 fully saturated rings. The molecule has 158 valence electrons. The van der Waals surface area contributed by atoms with E-state index in [0.29, 0.717) is 29.2 Å². The fourth-order valence-electron chi connectivity index (χ4n) is 4.53. The summed E-state index contributed by atoms with van der Waals surface area (Å²) in [5, 5.41) is 13.8. The van der Waals surface area contributed by atoms with Crippen LogP contribution in [-0.2, 0) is 17.6 Å². The number of halogens is 2. The van der Waals surface area contributed by atoms with Gasteiger partial charge in [0.1, 0.15) is 5.82 Å². The third-order valence-corrected chi connectivity index (χ3v) is 6.26. The first-order valence-electron chi connectivity index (χ1n) is 10.4. The SMILES string of the molecule is CN1CCC(n2ncc3c(CC(F)(F)C(=O)O)nc(CC4CCCC4)nc32)CC1. The molecule has 1 saturated carbocycles. The molecular weight excluding hydrogens is 380 g/mol. The molecule has 1 aliphatic carbocycles. The van der Waals surface area contributed by atoms with E-state index in [-0.39, 0.29) is 11.7 Å². The van der Waals surface area contributed by atoms with Crippen molar-refractivity contribution in [1.82, 2.24) is 24.6 Å². The van der Waals surface area contributed by atoms with Gasteiger partial charge < -0.3 is 10.0 Å². The Balaban J connectivity index is 1.72. The summed E-state index contributed by atoms with van der Waals surface area (Å²) >= 11 is 0. The summed E-state index contributed by atoms with van der Waals surface area (Å²) in [7, 11) is 2.07. The van der Waals surface area contributed by atoms with Crippen molar-refractivity contribution in [3.05, 3.63) is 17.7 Å². The Morgan fingerprint density at radius 3 is 2.55 bits per heavy atom. The number of fused-ring (bicyclic) bond motifs is 1. The Hall–Kier alpha value is -2.16. The molecule has 2 aliphatic rings. The number of carboxylic acids is 1. The van der Waals surface area contributed by atoms with Crippen molar-refractivity contribution < 1.29 is 18.7 Å². The molecule has 2 aromatic heterocycles. The van der Waals surface area contributed by atoms with E-state index in [9.17, 15) is 13.6 Å². The molecule has 4 rings (SSSR count). The number of hydrogen-bond donors (Lipinski definition) is 1. The standard InChI is InChI=1S/C20H27F2N5O2/c1-26-8-6-14(7-9-26)27-18-15(12-23-27)16(11-20(21,22)19(28)29)24-17(25-18)10-13-4-2-3-5-13/h12-14H,2-11H2,1H3,(H,28,29). The van der Waals surface area contributed by atoms with Gasteiger partial charge in [0.2, 0.25) is 0 Å². The monoisotopic (exact) mass is 407 g/mol. The summed E-state index contributed by atoms with van der Waals surface area (Å²) < 4.78 is 29.9. The third kappa shape index (κ3) is 4.24. The predicted molar refractivity (Wildman–Crippen MR) is 103 cm³/mol. The van der Waals surface area contributed by atoms with Gasteiger partial charge in [-0.3, -0.25) is 0 Å². The van der Waals surface area contributed by atoms with E-state index in [1.54, 1.807) is 0 Å². The van der Waals surface area contributed by atoms with Gasteiger partial charge in [-0.15, -0.1) is 0 Å². The first kappa shape index (κ1) is 20.1. The molecule has 3 heterocycles. The van der Waals surface area contributed by atoms with Crippen LogP contribution < -0.4 is 0 Å². The smallest absolute Gasteiger partial charge is 0.374 e. The van der Waals surface area contributed by atoms with Gasteiger partial charge in [-0.1, -0.05) is 25.7 Å². The second-order valence-corrected chi connectivity index (χ2v) is 8.49. The lowest BCUT2D eigenvalue weighted by Gasteiger charge is -2.29. The number of aromatic nitrogens is 4. The molecule has 1 aliphatic heterocycles. The molecular formula is C20H27F2N5O2. The van der Waals surface area contributed by atoms with E-state index in [1.807, 2.05) is 4.68 Å². The van der Waals surface area contributed by atoms with E-state index in [0.717, 1.165) is 38.8 Å². The highest BCUT2D eigenvalue weighted by molar-refractivity contribution is 5.80. The van der Waals surface area contributed by atoms with Crippen LogP contribution in [0.5, 0.6) is 0 Å². The number of alkyl halides is 2. The average Bonchev–Trinajstić information content (AvgIpc) is 3.32. The number of carboxylic acid groups (broad SMARTS) is 1. The van der Waals surface area contributed by atoms with Gasteiger partial charge >= 0.3 is 11.9 Å². The lowest BCUT2D eigenvalue weighted by atomic mass is 10.0. The third-order valence-electron chi connectivity index (χ3n) is 6.26. The topological polar surface area (TPSA) is 84.1 Å². The maximum atomic E-state index is 14.0. The molecule has 9 heteroatoms. The molecule has 0 atom stereocenters. The number of rotatable bonds is 6. The van der Waals surface area contributed by atoms with E-state index >= 15 is 0 Å². The predicted octanol–water partition coefficient (Wildman–Crippen LogP) is 3.09. The van der Waals surface area contributed by atoms with E-state index < -0.39 is 18.3 Å². The van der Waals surface area contributed by atoms with Crippen LogP contribution in [0.25, 0.3) is 11.0 Å². The van der Waals surface area contributed by atoms with Gasteiger partial charge in [0.05, 0.1) is 29.7 Å². The number of piperidine rings is 1. The van der Waals surface area contributed by atoms with Crippen molar-refractivity contribution in [3.63, 3.8) is 0 Å². The van der Waals surface area contributed by atoms with Crippen molar-refractivity contribution in [1.29, 1.82) is 0 Å². The van der Waals surface area contributed by atoms with Gasteiger partial charge in [-0.2, -0.15) is 13.9 Å². The van der Waals surface area contributed by atoms with Crippen molar-refractivity contribution >= 4 is 17.0 Å². The lowest BCUT2D eigenvalue weighted by Crippen LogP contribution is -2.32. The Morgan fingerprint density at radius 1 is 1.21 bits per heavy atom. The lowest BCUT2D eigenvalue weighted by molar-refractivity contribution is -0.164. The Kier molecular flexibility index (Phi) is 5.50. The zero-order valence-electron chi connectivity index (χ0n) is 16.7. The summed E-state index contributed by atoms with van der Waals surface area (Å²) in [6.45, 7) is 1.88. The minimum Gasteiger partial charge on any atom is -0.477 e. The van der Waals surface area contributed by atoms with Crippen LogP contribution in [0.3, 0.4) is 0 Å². The first-order chi connectivity index (χ1) is 13.8. The zero-order valence-corrected chi connectivity index (χ0v) is 16.7. The summed E-state index contributed by atoms with van der Waals surface area (Å²) in [4.78, 5) is 22.3. The maximum absolute atomic E-state index is 14.0. The molecule has 0 radical (unpaired) electrons. The summed E-state index contributed by atoms with van der Waals surface area (Å²) in [5.74, 6) is -5.03. The number of aliphatic carboxylic acids is 1. The molecule has 1 N–H and O–H groups in total. The summed E-state index contributed by atoms with van der Waals surface area (Å²) in [6, 6.07) is 0.158. The molecule has 0 spiro atoms. The van der Waals surface area contributed by atoms with E-state index in [2.05, 4.69) is 22.0 Å². The Bertz CT molecular complexity index is 886. The number of nitrogens with zero attached hydrogens (tertiary/aromatic N) is 5. The van der Waals surface area contributed by atoms with Crippen LogP contribution in [0.4, 0.5) is 8.78 Å². The second kappa shape index (κ2) is 7.93. The fraction of sp³-hybridized carbons (Fsp3) is 0.700. The molecule has 0 aromatic carbocycles. The quantitative estimate of drug-likeness (QED) is 0.792. The van der Waals surface area contributed by atoms with Crippen molar-refractivity contribution in [2.75, 3.05) is 20.1 Å². The molecule has 1 saturated heterocycles. The van der Waals surface area contributed by atoms with Gasteiger partial charge in [-0.25, -0.2) is 19.4 Å². The van der Waals surface area contributed by atoms with Crippen LogP contribution in [0.2, 0.25) is 0 Å². The Labute approximate surface area is 168 Å². The minimum atomic E-state index is -3.87. The van der Waals surface area contributed by atoms with Gasteiger partial charge in [-0.05, 0) is 38.9 Å². The van der Waals surface area contributed by atoms with Crippen molar-refractivity contribution in [2.45, 2.75) is 63.3 Å². The molecule has 0 bridgehead atoms. The zero-order chi connectivity index (χ0) is 20.6. The first-order valence-corrected chi connectivity index (χ1v) is 10.4.